The van der Waals surface area contributed by atoms with Crippen molar-refractivity contribution in [3.8, 4) is 0 Å². The number of urea groups is 1. The van der Waals surface area contributed by atoms with Crippen LogP contribution in [0.1, 0.15) is 23.7 Å². The molecule has 2 aromatic rings. The van der Waals surface area contributed by atoms with E-state index in [1.807, 2.05) is 6.92 Å². The number of anilines is 3. The average Bonchev–Trinajstić information content (AvgIpc) is 3.33. The van der Waals surface area contributed by atoms with Crippen LogP contribution in [0, 0.1) is 11.8 Å². The molecule has 4 amide bonds. The van der Waals surface area contributed by atoms with Gasteiger partial charge in [-0.15, -0.1) is 0 Å². The second-order valence-corrected chi connectivity index (χ2v) is 6.41. The molecular weight excluding hydrogens is 332 g/mol. The fourth-order valence-electron chi connectivity index (χ4n) is 2.64. The fourth-order valence-corrected chi connectivity index (χ4v) is 2.64. The van der Waals surface area contributed by atoms with Gasteiger partial charge in [0.1, 0.15) is 0 Å². The smallest absolute Gasteiger partial charge is 0.316 e. The van der Waals surface area contributed by atoms with E-state index in [2.05, 4.69) is 16.0 Å². The lowest BCUT2D eigenvalue weighted by atomic mass is 10.1. The van der Waals surface area contributed by atoms with Crippen molar-refractivity contribution in [2.45, 2.75) is 13.3 Å². The van der Waals surface area contributed by atoms with Crippen molar-refractivity contribution in [1.82, 2.24) is 0 Å². The summed E-state index contributed by atoms with van der Waals surface area (Å²) in [5.74, 6) is 0.192. The van der Waals surface area contributed by atoms with Crippen LogP contribution in [0.2, 0.25) is 0 Å². The van der Waals surface area contributed by atoms with Crippen molar-refractivity contribution in [3.05, 3.63) is 54.1 Å². The second-order valence-electron chi connectivity index (χ2n) is 6.41. The highest BCUT2D eigenvalue weighted by Gasteiger charge is 2.39. The Hall–Kier alpha value is -3.35. The Morgan fingerprint density at radius 1 is 0.923 bits per heavy atom. The lowest BCUT2D eigenvalue weighted by molar-refractivity contribution is -0.117. The summed E-state index contributed by atoms with van der Waals surface area (Å²) in [5, 5.41) is 8.06. The molecule has 26 heavy (non-hydrogen) atoms. The normalized spacial score (nSPS) is 17.9. The van der Waals surface area contributed by atoms with Crippen molar-refractivity contribution in [3.63, 3.8) is 0 Å². The largest absolute Gasteiger partial charge is 0.351 e. The predicted molar refractivity (Wildman–Crippen MR) is 99.9 cm³/mol. The van der Waals surface area contributed by atoms with Gasteiger partial charge >= 0.3 is 6.03 Å². The molecule has 1 aliphatic rings. The van der Waals surface area contributed by atoms with Gasteiger partial charge in [-0.05, 0) is 54.8 Å². The van der Waals surface area contributed by atoms with E-state index in [9.17, 15) is 14.4 Å². The van der Waals surface area contributed by atoms with Gasteiger partial charge in [0.15, 0.2) is 0 Å². The Kier molecular flexibility index (Phi) is 4.88. The average molecular weight is 352 g/mol. The zero-order valence-corrected chi connectivity index (χ0v) is 14.3. The van der Waals surface area contributed by atoms with Gasteiger partial charge in [-0.25, -0.2) is 4.79 Å². The monoisotopic (exact) mass is 352 g/mol. The molecule has 1 fully saturated rings. The minimum atomic E-state index is -0.652. The van der Waals surface area contributed by atoms with E-state index in [1.54, 1.807) is 48.5 Å². The van der Waals surface area contributed by atoms with E-state index in [0.717, 1.165) is 6.42 Å². The van der Waals surface area contributed by atoms with Crippen LogP contribution >= 0.6 is 0 Å². The number of rotatable bonds is 5. The predicted octanol–water partition coefficient (Wildman–Crippen LogP) is 3.02. The Morgan fingerprint density at radius 3 is 2.12 bits per heavy atom. The summed E-state index contributed by atoms with van der Waals surface area (Å²) in [6, 6.07) is 12.7. The van der Waals surface area contributed by atoms with Crippen LogP contribution in [0.5, 0.6) is 0 Å². The Morgan fingerprint density at radius 2 is 1.54 bits per heavy atom. The van der Waals surface area contributed by atoms with Gasteiger partial charge in [-0.2, -0.15) is 0 Å². The molecule has 1 aliphatic carbocycles. The summed E-state index contributed by atoms with van der Waals surface area (Å²) in [6.07, 6.45) is 0.909. The number of carbonyl (C=O) groups excluding carboxylic acids is 3. The van der Waals surface area contributed by atoms with Gasteiger partial charge in [0.2, 0.25) is 5.91 Å². The standard InChI is InChI=1S/C19H20N4O3/c1-11-9-16(11)18(25)22-15-4-2-3-12(10-15)17(24)21-13-5-7-14(8-6-13)23-19(20)26/h2-8,10-11,16H,9H2,1H3,(H,21,24)(H,22,25)(H3,20,23,26). The number of nitrogens with two attached hydrogens (primary N) is 1. The Bertz CT molecular complexity index is 848. The quantitative estimate of drug-likeness (QED) is 0.663. The van der Waals surface area contributed by atoms with Gasteiger partial charge in [0, 0.05) is 28.5 Å². The minimum Gasteiger partial charge on any atom is -0.351 e. The fraction of sp³-hybridized carbons (Fsp3) is 0.211. The molecule has 1 saturated carbocycles. The Labute approximate surface area is 151 Å². The first kappa shape index (κ1) is 17.5. The molecule has 2 unspecified atom stereocenters. The SMILES string of the molecule is CC1CC1C(=O)Nc1cccc(C(=O)Nc2ccc(NC(N)=O)cc2)c1. The summed E-state index contributed by atoms with van der Waals surface area (Å²) in [4.78, 5) is 35.2. The summed E-state index contributed by atoms with van der Waals surface area (Å²) >= 11 is 0. The third-order valence-electron chi connectivity index (χ3n) is 4.25. The van der Waals surface area contributed by atoms with E-state index in [4.69, 9.17) is 5.73 Å². The molecule has 7 heteroatoms. The van der Waals surface area contributed by atoms with Crippen LogP contribution in [0.15, 0.2) is 48.5 Å². The molecule has 0 spiro atoms. The minimum absolute atomic E-state index is 0.00685. The van der Waals surface area contributed by atoms with Crippen molar-refractivity contribution in [1.29, 1.82) is 0 Å². The summed E-state index contributed by atoms with van der Waals surface area (Å²) in [6.45, 7) is 2.04. The van der Waals surface area contributed by atoms with Gasteiger partial charge in [0.05, 0.1) is 0 Å². The van der Waals surface area contributed by atoms with Crippen molar-refractivity contribution < 1.29 is 14.4 Å². The number of hydrogen-bond acceptors (Lipinski definition) is 3. The van der Waals surface area contributed by atoms with Gasteiger partial charge in [-0.3, -0.25) is 9.59 Å². The first-order chi connectivity index (χ1) is 12.4. The van der Waals surface area contributed by atoms with Crippen molar-refractivity contribution >= 4 is 34.9 Å². The molecule has 0 aromatic heterocycles. The zero-order chi connectivity index (χ0) is 18.7. The molecule has 0 radical (unpaired) electrons. The number of benzene rings is 2. The number of amides is 4. The number of primary amides is 1. The summed E-state index contributed by atoms with van der Waals surface area (Å²) in [5.41, 5.74) is 7.20. The van der Waals surface area contributed by atoms with E-state index in [-0.39, 0.29) is 17.7 Å². The van der Waals surface area contributed by atoms with Crippen LogP contribution in [-0.4, -0.2) is 17.8 Å². The molecule has 5 N–H and O–H groups in total. The molecular formula is C19H20N4O3. The second kappa shape index (κ2) is 7.26. The van der Waals surface area contributed by atoms with E-state index >= 15 is 0 Å². The first-order valence-electron chi connectivity index (χ1n) is 8.31. The molecule has 134 valence electrons. The molecule has 3 rings (SSSR count). The molecule has 2 atom stereocenters. The third kappa shape index (κ3) is 4.38. The van der Waals surface area contributed by atoms with Crippen molar-refractivity contribution in [2.24, 2.45) is 17.6 Å². The van der Waals surface area contributed by atoms with Crippen LogP contribution < -0.4 is 21.7 Å². The van der Waals surface area contributed by atoms with Crippen molar-refractivity contribution in [2.75, 3.05) is 16.0 Å². The van der Waals surface area contributed by atoms with Gasteiger partial charge in [-0.1, -0.05) is 13.0 Å². The molecule has 0 saturated heterocycles. The molecule has 0 bridgehead atoms. The van der Waals surface area contributed by atoms with Crippen LogP contribution in [0.3, 0.4) is 0 Å². The van der Waals surface area contributed by atoms with Crippen LogP contribution in [-0.2, 0) is 4.79 Å². The number of hydrogen-bond donors (Lipinski definition) is 4. The third-order valence-corrected chi connectivity index (χ3v) is 4.25. The summed E-state index contributed by atoms with van der Waals surface area (Å²) < 4.78 is 0. The number of nitrogens with one attached hydrogen (secondary N) is 3. The topological polar surface area (TPSA) is 113 Å². The van der Waals surface area contributed by atoms with Gasteiger partial charge in [0.25, 0.3) is 5.91 Å². The molecule has 0 heterocycles. The molecule has 2 aromatic carbocycles. The lowest BCUT2D eigenvalue weighted by Gasteiger charge is -2.09. The molecule has 0 aliphatic heterocycles. The Balaban J connectivity index is 1.63. The van der Waals surface area contributed by atoms with Crippen LogP contribution in [0.25, 0.3) is 0 Å². The first-order valence-corrected chi connectivity index (χ1v) is 8.31. The highest BCUT2D eigenvalue weighted by Crippen LogP contribution is 2.38. The highest BCUT2D eigenvalue weighted by molar-refractivity contribution is 6.05. The summed E-state index contributed by atoms with van der Waals surface area (Å²) in [7, 11) is 0. The van der Waals surface area contributed by atoms with E-state index in [1.165, 1.54) is 0 Å². The maximum Gasteiger partial charge on any atom is 0.316 e. The maximum absolute atomic E-state index is 12.4. The highest BCUT2D eigenvalue weighted by atomic mass is 16.2. The molecule has 7 nitrogen and oxygen atoms in total. The van der Waals surface area contributed by atoms with E-state index < -0.39 is 6.03 Å². The zero-order valence-electron chi connectivity index (χ0n) is 14.3. The maximum atomic E-state index is 12.4. The van der Waals surface area contributed by atoms with E-state index in [0.29, 0.717) is 28.5 Å². The van der Waals surface area contributed by atoms with Gasteiger partial charge < -0.3 is 21.7 Å². The van der Waals surface area contributed by atoms with Crippen LogP contribution in [0.4, 0.5) is 21.9 Å². The number of carbonyl (C=O) groups is 3. The lowest BCUT2D eigenvalue weighted by Crippen LogP contribution is -2.19.